The normalized spacial score (nSPS) is 42.3. The molecule has 7 nitrogen and oxygen atoms in total. The highest BCUT2D eigenvalue weighted by molar-refractivity contribution is 6.01. The van der Waals surface area contributed by atoms with Crippen LogP contribution in [0.4, 0.5) is 9.18 Å². The van der Waals surface area contributed by atoms with Crippen LogP contribution in [0.25, 0.3) is 0 Å². The van der Waals surface area contributed by atoms with Crippen LogP contribution in [-0.4, -0.2) is 48.2 Å². The van der Waals surface area contributed by atoms with Crippen molar-refractivity contribution in [3.8, 4) is 0 Å². The maximum Gasteiger partial charge on any atom is 0.509 e. The number of allylic oxidation sites excluding steroid dienone is 4. The van der Waals surface area contributed by atoms with Gasteiger partial charge in [0, 0.05) is 16.7 Å². The van der Waals surface area contributed by atoms with Gasteiger partial charge in [-0.3, -0.25) is 4.79 Å². The van der Waals surface area contributed by atoms with Crippen molar-refractivity contribution in [2.45, 2.75) is 64.6 Å². The standard InChI is InChI=1S/C24H31FO7/c1-4-30-21(29)32-24(20(28)31-13-25)10-8-17-16-6-5-14-11-15(26)7-9-22(14,2)19(16)18(27)12-23(17,24)3/h7,9,11,16-19,27H,4-6,8,10,12-13H2,1-3H3/t16-,17-,18?,19+,22-,23-,24?/m0/s1. The molecular formula is C24H31FO7. The second-order valence-corrected chi connectivity index (χ2v) is 9.90. The highest BCUT2D eigenvalue weighted by Gasteiger charge is 2.71. The molecule has 0 aromatic heterocycles. The van der Waals surface area contributed by atoms with E-state index in [1.807, 2.05) is 13.0 Å². The first kappa shape index (κ1) is 23.0. The Morgan fingerprint density at radius 2 is 2.00 bits per heavy atom. The van der Waals surface area contributed by atoms with Crippen molar-refractivity contribution in [2.24, 2.45) is 28.6 Å². The summed E-state index contributed by atoms with van der Waals surface area (Å²) < 4.78 is 28.3. The SMILES string of the molecule is CCOC(=O)OC1(C(=O)OCF)CC[C@H]2[C@@H]3CCC4=CC(=O)C=C[C@]4(C)[C@H]3C(O)C[C@@]21C. The smallest absolute Gasteiger partial charge is 0.435 e. The van der Waals surface area contributed by atoms with Gasteiger partial charge in [0.2, 0.25) is 12.5 Å². The van der Waals surface area contributed by atoms with Crippen LogP contribution in [0.2, 0.25) is 0 Å². The van der Waals surface area contributed by atoms with Crippen LogP contribution in [0.5, 0.6) is 0 Å². The number of hydrogen-bond acceptors (Lipinski definition) is 7. The molecule has 3 fully saturated rings. The molecule has 0 heterocycles. The second kappa shape index (κ2) is 7.97. The number of carbonyl (C=O) groups excluding carboxylic acids is 3. The molecule has 7 atom stereocenters. The number of esters is 1. The molecule has 0 radical (unpaired) electrons. The third-order valence-corrected chi connectivity index (χ3v) is 8.65. The molecule has 0 aliphatic heterocycles. The van der Waals surface area contributed by atoms with Gasteiger partial charge >= 0.3 is 12.1 Å². The van der Waals surface area contributed by atoms with E-state index in [0.717, 1.165) is 12.0 Å². The number of fused-ring (bicyclic) bond motifs is 5. The Morgan fingerprint density at radius 3 is 2.69 bits per heavy atom. The van der Waals surface area contributed by atoms with Gasteiger partial charge in [0.1, 0.15) is 0 Å². The summed E-state index contributed by atoms with van der Waals surface area (Å²) in [5.41, 5.74) is -2.10. The van der Waals surface area contributed by atoms with Gasteiger partial charge in [-0.2, -0.15) is 0 Å². The molecule has 2 unspecified atom stereocenters. The summed E-state index contributed by atoms with van der Waals surface area (Å²) in [6, 6.07) is 0. The van der Waals surface area contributed by atoms with Gasteiger partial charge in [-0.05, 0) is 63.0 Å². The van der Waals surface area contributed by atoms with Crippen LogP contribution in [0, 0.1) is 28.6 Å². The van der Waals surface area contributed by atoms with E-state index in [-0.39, 0.29) is 43.0 Å². The monoisotopic (exact) mass is 450 g/mol. The van der Waals surface area contributed by atoms with Crippen molar-refractivity contribution < 1.29 is 38.1 Å². The average Bonchev–Trinajstić information content (AvgIpc) is 3.01. The number of ether oxygens (including phenoxy) is 3. The van der Waals surface area contributed by atoms with E-state index in [2.05, 4.69) is 6.92 Å². The van der Waals surface area contributed by atoms with Gasteiger partial charge < -0.3 is 19.3 Å². The minimum Gasteiger partial charge on any atom is -0.435 e. The Kier molecular flexibility index (Phi) is 5.72. The number of alkyl halides is 1. The Balaban J connectivity index is 1.73. The van der Waals surface area contributed by atoms with Crippen molar-refractivity contribution in [2.75, 3.05) is 13.5 Å². The van der Waals surface area contributed by atoms with Gasteiger partial charge in [0.15, 0.2) is 5.78 Å². The van der Waals surface area contributed by atoms with E-state index in [1.165, 1.54) is 0 Å². The molecule has 0 saturated heterocycles. The quantitative estimate of drug-likeness (QED) is 0.653. The van der Waals surface area contributed by atoms with E-state index in [0.29, 0.717) is 12.8 Å². The Hall–Kier alpha value is -2.22. The lowest BCUT2D eigenvalue weighted by atomic mass is 9.46. The third-order valence-electron chi connectivity index (χ3n) is 8.65. The summed E-state index contributed by atoms with van der Waals surface area (Å²) in [4.78, 5) is 37.3. The average molecular weight is 451 g/mol. The first-order chi connectivity index (χ1) is 15.1. The van der Waals surface area contributed by atoms with E-state index in [1.54, 1.807) is 19.1 Å². The molecule has 0 aromatic rings. The van der Waals surface area contributed by atoms with E-state index in [4.69, 9.17) is 14.2 Å². The molecular weight excluding hydrogens is 419 g/mol. The fraction of sp³-hybridized carbons (Fsp3) is 0.708. The van der Waals surface area contributed by atoms with Crippen LogP contribution in [-0.2, 0) is 23.8 Å². The van der Waals surface area contributed by atoms with Gasteiger partial charge in [-0.15, -0.1) is 0 Å². The fourth-order valence-electron chi connectivity index (χ4n) is 7.31. The lowest BCUT2D eigenvalue weighted by Gasteiger charge is -2.59. The summed E-state index contributed by atoms with van der Waals surface area (Å²) in [5.74, 6) is -1.13. The third kappa shape index (κ3) is 3.13. The Labute approximate surface area is 187 Å². The Bertz CT molecular complexity index is 882. The van der Waals surface area contributed by atoms with E-state index < -0.39 is 41.5 Å². The predicted molar refractivity (Wildman–Crippen MR) is 111 cm³/mol. The molecule has 3 saturated carbocycles. The van der Waals surface area contributed by atoms with Crippen LogP contribution in [0.3, 0.4) is 0 Å². The summed E-state index contributed by atoms with van der Waals surface area (Å²) in [6.07, 6.45) is 5.73. The second-order valence-electron chi connectivity index (χ2n) is 9.90. The zero-order chi connectivity index (χ0) is 23.3. The molecule has 0 amide bonds. The molecule has 4 aliphatic carbocycles. The van der Waals surface area contributed by atoms with Crippen molar-refractivity contribution in [1.29, 1.82) is 0 Å². The topological polar surface area (TPSA) is 99.1 Å². The highest BCUT2D eigenvalue weighted by atomic mass is 19.1. The maximum absolute atomic E-state index is 13.0. The molecule has 0 bridgehead atoms. The van der Waals surface area contributed by atoms with Crippen LogP contribution in [0.15, 0.2) is 23.8 Å². The van der Waals surface area contributed by atoms with Gasteiger partial charge in [0.05, 0.1) is 12.7 Å². The van der Waals surface area contributed by atoms with Gasteiger partial charge in [-0.25, -0.2) is 14.0 Å². The van der Waals surface area contributed by atoms with Crippen molar-refractivity contribution >= 4 is 17.9 Å². The zero-order valence-corrected chi connectivity index (χ0v) is 18.8. The minimum atomic E-state index is -1.72. The molecule has 32 heavy (non-hydrogen) atoms. The number of rotatable bonds is 4. The van der Waals surface area contributed by atoms with Gasteiger partial charge in [0.25, 0.3) is 0 Å². The number of ketones is 1. The molecule has 176 valence electrons. The summed E-state index contributed by atoms with van der Waals surface area (Å²) in [5, 5.41) is 11.4. The molecule has 0 spiro atoms. The van der Waals surface area contributed by atoms with Gasteiger partial charge in [-0.1, -0.05) is 25.5 Å². The zero-order valence-electron chi connectivity index (χ0n) is 18.8. The largest absolute Gasteiger partial charge is 0.509 e. The molecule has 8 heteroatoms. The van der Waals surface area contributed by atoms with Crippen molar-refractivity contribution in [3.63, 3.8) is 0 Å². The lowest BCUT2D eigenvalue weighted by molar-refractivity contribution is -0.204. The maximum atomic E-state index is 13.0. The molecule has 0 aromatic carbocycles. The Morgan fingerprint density at radius 1 is 1.25 bits per heavy atom. The fourth-order valence-corrected chi connectivity index (χ4v) is 7.31. The van der Waals surface area contributed by atoms with Crippen LogP contribution in [0.1, 0.15) is 52.9 Å². The number of aliphatic hydroxyl groups is 1. The lowest BCUT2D eigenvalue weighted by Crippen LogP contribution is -2.62. The van der Waals surface area contributed by atoms with Crippen LogP contribution >= 0.6 is 0 Å². The molecule has 4 rings (SSSR count). The minimum absolute atomic E-state index is 0.0367. The first-order valence-electron chi connectivity index (χ1n) is 11.3. The highest BCUT2D eigenvalue weighted by Crippen LogP contribution is 2.68. The summed E-state index contributed by atoms with van der Waals surface area (Å²) >= 11 is 0. The van der Waals surface area contributed by atoms with E-state index >= 15 is 0 Å². The van der Waals surface area contributed by atoms with Crippen molar-refractivity contribution in [3.05, 3.63) is 23.8 Å². The molecule has 1 N–H and O–H groups in total. The first-order valence-corrected chi connectivity index (χ1v) is 11.3. The van der Waals surface area contributed by atoms with Crippen molar-refractivity contribution in [1.82, 2.24) is 0 Å². The van der Waals surface area contributed by atoms with E-state index in [9.17, 15) is 23.9 Å². The predicted octanol–water partition coefficient (Wildman–Crippen LogP) is 3.65. The summed E-state index contributed by atoms with van der Waals surface area (Å²) in [6.45, 7) is 4.25. The molecule has 4 aliphatic rings. The summed E-state index contributed by atoms with van der Waals surface area (Å²) in [7, 11) is 0. The number of carbonyl (C=O) groups is 3. The van der Waals surface area contributed by atoms with Crippen LogP contribution < -0.4 is 0 Å². The number of halogens is 1. The number of hydrogen-bond donors (Lipinski definition) is 1. The number of aliphatic hydroxyl groups excluding tert-OH is 1.